The van der Waals surface area contributed by atoms with Crippen LogP contribution in [0.1, 0.15) is 0 Å². The van der Waals surface area contributed by atoms with E-state index >= 15 is 0 Å². The van der Waals surface area contributed by atoms with E-state index in [1.165, 1.54) is 7.05 Å². The van der Waals surface area contributed by atoms with Crippen LogP contribution in [0.25, 0.3) is 0 Å². The Balaban J connectivity index is 2.55. The Hall–Kier alpha value is -0.740. The van der Waals surface area contributed by atoms with Crippen molar-refractivity contribution in [1.29, 1.82) is 0 Å². The molecule has 1 rings (SSSR count). The molecule has 0 aromatic heterocycles. The molecule has 1 heterocycles. The second-order valence-corrected chi connectivity index (χ2v) is 1.86. The third kappa shape index (κ3) is 1.40. The van der Waals surface area contributed by atoms with Gasteiger partial charge < -0.3 is 4.90 Å². The summed E-state index contributed by atoms with van der Waals surface area (Å²) in [4.78, 5) is 4.07. The minimum atomic E-state index is -4.32. The molecule has 10 heavy (non-hydrogen) atoms. The van der Waals surface area contributed by atoms with Gasteiger partial charge in [-0.25, -0.2) is 4.99 Å². The summed E-state index contributed by atoms with van der Waals surface area (Å²) in [6, 6.07) is -1.82. The SMILES string of the molecule is CN1[C]C(C(F)(F)F)N=[C]1. The van der Waals surface area contributed by atoms with E-state index in [9.17, 15) is 13.2 Å². The summed E-state index contributed by atoms with van der Waals surface area (Å²) in [5, 5.41) is 0. The molecule has 0 aromatic rings. The van der Waals surface area contributed by atoms with Gasteiger partial charge in [-0.3, -0.25) is 0 Å². The van der Waals surface area contributed by atoms with Crippen molar-refractivity contribution in [2.24, 2.45) is 4.99 Å². The molecule has 5 heteroatoms. The van der Waals surface area contributed by atoms with Gasteiger partial charge in [-0.2, -0.15) is 13.2 Å². The first-order valence-corrected chi connectivity index (χ1v) is 2.52. The fourth-order valence-corrected chi connectivity index (χ4v) is 0.532. The first-order chi connectivity index (χ1) is 4.50. The van der Waals surface area contributed by atoms with Gasteiger partial charge in [0, 0.05) is 7.05 Å². The Morgan fingerprint density at radius 3 is 2.30 bits per heavy atom. The summed E-state index contributed by atoms with van der Waals surface area (Å²) < 4.78 is 35.1. The number of aliphatic imine (C=N–C) groups is 1. The Morgan fingerprint density at radius 1 is 1.50 bits per heavy atom. The maximum absolute atomic E-state index is 11.7. The van der Waals surface area contributed by atoms with Gasteiger partial charge in [-0.05, 0) is 0 Å². The molecule has 0 spiro atoms. The van der Waals surface area contributed by atoms with Crippen molar-refractivity contribution in [3.8, 4) is 0 Å². The zero-order valence-electron chi connectivity index (χ0n) is 5.11. The molecule has 2 nitrogen and oxygen atoms in total. The Kier molecular flexibility index (Phi) is 1.58. The van der Waals surface area contributed by atoms with Gasteiger partial charge in [0.05, 0.1) is 0 Å². The molecule has 0 fully saturated rings. The third-order valence-corrected chi connectivity index (χ3v) is 0.963. The highest BCUT2D eigenvalue weighted by molar-refractivity contribution is 5.59. The summed E-state index contributed by atoms with van der Waals surface area (Å²) in [5.74, 6) is 0. The second-order valence-electron chi connectivity index (χ2n) is 1.86. The minimum Gasteiger partial charge on any atom is -0.344 e. The lowest BCUT2D eigenvalue weighted by molar-refractivity contribution is -0.140. The van der Waals surface area contributed by atoms with E-state index in [0.29, 0.717) is 0 Å². The number of halogens is 3. The van der Waals surface area contributed by atoms with E-state index < -0.39 is 12.2 Å². The van der Waals surface area contributed by atoms with Gasteiger partial charge >= 0.3 is 6.18 Å². The Labute approximate surface area is 56.3 Å². The predicted molar refractivity (Wildman–Crippen MR) is 28.3 cm³/mol. The zero-order chi connectivity index (χ0) is 7.78. The van der Waals surface area contributed by atoms with Crippen molar-refractivity contribution in [2.75, 3.05) is 7.05 Å². The summed E-state index contributed by atoms with van der Waals surface area (Å²) in [7, 11) is 1.40. The Bertz CT molecular complexity index is 151. The van der Waals surface area contributed by atoms with Crippen molar-refractivity contribution < 1.29 is 13.2 Å². The summed E-state index contributed by atoms with van der Waals surface area (Å²) in [5.41, 5.74) is 0. The van der Waals surface area contributed by atoms with Gasteiger partial charge in [-0.1, -0.05) is 0 Å². The average Bonchev–Trinajstić information content (AvgIpc) is 2.11. The molecule has 0 amide bonds. The molecule has 1 aliphatic rings. The fraction of sp³-hybridized carbons (Fsp3) is 0.600. The van der Waals surface area contributed by atoms with Crippen LogP contribution >= 0.6 is 0 Å². The molecule has 0 aliphatic carbocycles. The highest BCUT2D eigenvalue weighted by Gasteiger charge is 2.43. The molecule has 1 atom stereocenters. The van der Waals surface area contributed by atoms with Gasteiger partial charge in [0.2, 0.25) is 0 Å². The molecule has 1 aliphatic heterocycles. The monoisotopic (exact) mass is 149 g/mol. The molecule has 0 N–H and O–H groups in total. The molecule has 0 saturated heterocycles. The van der Waals surface area contributed by atoms with E-state index in [2.05, 4.69) is 11.3 Å². The molecule has 0 bridgehead atoms. The number of hydrogen-bond acceptors (Lipinski definition) is 2. The van der Waals surface area contributed by atoms with Crippen molar-refractivity contribution in [1.82, 2.24) is 4.90 Å². The molecule has 1 unspecified atom stereocenters. The first-order valence-electron chi connectivity index (χ1n) is 2.52. The number of rotatable bonds is 0. The molecule has 0 aromatic carbocycles. The van der Waals surface area contributed by atoms with Crippen molar-refractivity contribution in [3.05, 3.63) is 6.54 Å². The van der Waals surface area contributed by atoms with E-state index in [0.717, 1.165) is 4.90 Å². The van der Waals surface area contributed by atoms with Crippen molar-refractivity contribution in [2.45, 2.75) is 12.2 Å². The minimum absolute atomic E-state index is 1.04. The van der Waals surface area contributed by atoms with Gasteiger partial charge in [-0.15, -0.1) is 0 Å². The summed E-state index contributed by atoms with van der Waals surface area (Å²) >= 11 is 0. The van der Waals surface area contributed by atoms with Crippen LogP contribution in [-0.4, -0.2) is 30.5 Å². The summed E-state index contributed by atoms with van der Waals surface area (Å²) in [6.45, 7) is 2.02. The van der Waals surface area contributed by atoms with Crippen LogP contribution in [0.5, 0.6) is 0 Å². The maximum atomic E-state index is 11.7. The molecule has 55 valence electrons. The van der Waals surface area contributed by atoms with Gasteiger partial charge in [0.15, 0.2) is 12.4 Å². The number of alkyl halides is 3. The normalized spacial score (nSPS) is 26.0. The van der Waals surface area contributed by atoms with Crippen LogP contribution in [0, 0.1) is 6.54 Å². The topological polar surface area (TPSA) is 15.6 Å². The molecular formula is C5H4F3N2. The van der Waals surface area contributed by atoms with Crippen molar-refractivity contribution >= 4 is 6.34 Å². The third-order valence-electron chi connectivity index (χ3n) is 0.963. The quantitative estimate of drug-likeness (QED) is 0.497. The molecular weight excluding hydrogens is 145 g/mol. The highest BCUT2D eigenvalue weighted by Crippen LogP contribution is 2.27. The lowest BCUT2D eigenvalue weighted by atomic mass is 10.3. The number of hydrogen-bond donors (Lipinski definition) is 0. The predicted octanol–water partition coefficient (Wildman–Crippen LogP) is 0.807. The van der Waals surface area contributed by atoms with E-state index in [4.69, 9.17) is 0 Å². The average molecular weight is 149 g/mol. The lowest BCUT2D eigenvalue weighted by Crippen LogP contribution is -2.27. The van der Waals surface area contributed by atoms with E-state index in [1.807, 2.05) is 6.54 Å². The largest absolute Gasteiger partial charge is 0.413 e. The maximum Gasteiger partial charge on any atom is 0.413 e. The molecule has 0 saturated carbocycles. The molecule has 3 radical (unpaired) electrons. The number of likely N-dealkylation sites (N-methyl/N-ethyl adjacent to an activating group) is 1. The van der Waals surface area contributed by atoms with E-state index in [1.54, 1.807) is 0 Å². The lowest BCUT2D eigenvalue weighted by Gasteiger charge is -2.10. The zero-order valence-corrected chi connectivity index (χ0v) is 5.11. The number of nitrogens with zero attached hydrogens (tertiary/aromatic N) is 2. The van der Waals surface area contributed by atoms with Gasteiger partial charge in [0.25, 0.3) is 0 Å². The van der Waals surface area contributed by atoms with Crippen LogP contribution < -0.4 is 0 Å². The van der Waals surface area contributed by atoms with Crippen LogP contribution in [0.4, 0.5) is 13.2 Å². The highest BCUT2D eigenvalue weighted by atomic mass is 19.4. The van der Waals surface area contributed by atoms with Crippen LogP contribution in [0.15, 0.2) is 4.99 Å². The van der Waals surface area contributed by atoms with Crippen LogP contribution in [0.3, 0.4) is 0 Å². The Morgan fingerprint density at radius 2 is 2.10 bits per heavy atom. The van der Waals surface area contributed by atoms with Crippen LogP contribution in [0.2, 0.25) is 0 Å². The summed E-state index contributed by atoms with van der Waals surface area (Å²) in [6.07, 6.45) is -2.22. The standard InChI is InChI=1S/C5H4F3N2/c1-10-2-4(9-3-10)5(6,7)8/h4H,1H3. The first kappa shape index (κ1) is 7.37. The van der Waals surface area contributed by atoms with E-state index in [-0.39, 0.29) is 0 Å². The van der Waals surface area contributed by atoms with Crippen LogP contribution in [-0.2, 0) is 0 Å². The van der Waals surface area contributed by atoms with Gasteiger partial charge in [0.1, 0.15) is 6.54 Å². The second kappa shape index (κ2) is 2.14. The fourth-order valence-electron chi connectivity index (χ4n) is 0.532. The smallest absolute Gasteiger partial charge is 0.344 e. The van der Waals surface area contributed by atoms with Crippen molar-refractivity contribution in [3.63, 3.8) is 0 Å².